The van der Waals surface area contributed by atoms with Gasteiger partial charge < -0.3 is 4.74 Å². The summed E-state index contributed by atoms with van der Waals surface area (Å²) < 4.78 is 6.54. The van der Waals surface area contributed by atoms with Crippen LogP contribution in [0.5, 0.6) is 0 Å². The Morgan fingerprint density at radius 1 is 0.909 bits per heavy atom. The summed E-state index contributed by atoms with van der Waals surface area (Å²) in [5, 5.41) is 0. The number of hydrogen-bond acceptors (Lipinski definition) is 2. The average Bonchev–Trinajstić information content (AvgIpc) is 3.19. The lowest BCUT2D eigenvalue weighted by molar-refractivity contribution is -0.147. The fourth-order valence-electron chi connectivity index (χ4n) is 6.25. The lowest BCUT2D eigenvalue weighted by atomic mass is 9.76. The fourth-order valence-corrected chi connectivity index (χ4v) is 6.25. The van der Waals surface area contributed by atoms with Crippen LogP contribution in [-0.4, -0.2) is 11.4 Å². The summed E-state index contributed by atoms with van der Waals surface area (Å²) in [5.74, 6) is 4.64. The van der Waals surface area contributed by atoms with Gasteiger partial charge in [-0.15, -0.1) is 0 Å². The van der Waals surface area contributed by atoms with Crippen molar-refractivity contribution < 1.29 is 9.53 Å². The van der Waals surface area contributed by atoms with E-state index in [1.165, 1.54) is 12.2 Å². The molecule has 1 heterocycles. The van der Waals surface area contributed by atoms with Crippen molar-refractivity contribution in [1.82, 2.24) is 0 Å². The molecule has 1 aliphatic heterocycles. The molecule has 0 aromatic rings. The third kappa shape index (κ3) is 1.50. The molecule has 0 saturated heterocycles. The first kappa shape index (κ1) is 13.6. The summed E-state index contributed by atoms with van der Waals surface area (Å²) in [6.07, 6.45) is 6.13. The van der Waals surface area contributed by atoms with Crippen molar-refractivity contribution in [2.24, 2.45) is 34.5 Å². The average molecular weight is 300 g/mol. The molecule has 0 unspecified atom stereocenters. The highest BCUT2D eigenvalue weighted by atomic mass is 16.5. The van der Waals surface area contributed by atoms with Crippen LogP contribution in [0, 0.1) is 34.5 Å². The first-order valence-electron chi connectivity index (χ1n) is 9.19. The van der Waals surface area contributed by atoms with Crippen molar-refractivity contribution >= 4 is 5.78 Å². The predicted molar refractivity (Wildman–Crippen MR) is 85.1 cm³/mol. The molecule has 0 amide bonds. The first-order chi connectivity index (χ1) is 10.3. The van der Waals surface area contributed by atoms with E-state index in [0.29, 0.717) is 28.4 Å². The SMILES string of the molecule is CC1(C)[C@@H]2C[C@]3(CCC4=C(C[C@H]5[C@@H](C4)C5(C)C)O3)C(=O)C[C@@H]21. The molecular weight excluding hydrogens is 272 g/mol. The minimum Gasteiger partial charge on any atom is -0.484 e. The summed E-state index contributed by atoms with van der Waals surface area (Å²) in [4.78, 5) is 12.8. The lowest BCUT2D eigenvalue weighted by Gasteiger charge is -2.42. The van der Waals surface area contributed by atoms with E-state index in [4.69, 9.17) is 4.74 Å². The molecule has 0 N–H and O–H groups in total. The minimum absolute atomic E-state index is 0.368. The van der Waals surface area contributed by atoms with Gasteiger partial charge in [-0.25, -0.2) is 0 Å². The van der Waals surface area contributed by atoms with Gasteiger partial charge in [0.05, 0.1) is 5.76 Å². The molecule has 5 rings (SSSR count). The molecule has 2 heteroatoms. The quantitative estimate of drug-likeness (QED) is 0.659. The topological polar surface area (TPSA) is 26.3 Å². The zero-order valence-electron chi connectivity index (χ0n) is 14.4. The number of carbonyl (C=O) groups is 1. The number of allylic oxidation sites excluding steroid dienone is 2. The number of rotatable bonds is 0. The Balaban J connectivity index is 1.41. The number of Topliss-reactive ketones (excluding diaryl/α,β-unsaturated/α-hetero) is 1. The van der Waals surface area contributed by atoms with E-state index in [1.807, 2.05) is 0 Å². The molecule has 0 aromatic carbocycles. The van der Waals surface area contributed by atoms with Crippen LogP contribution in [0.2, 0.25) is 0 Å². The number of ketones is 1. The molecule has 120 valence electrons. The summed E-state index contributed by atoms with van der Waals surface area (Å²) >= 11 is 0. The molecule has 3 saturated carbocycles. The molecule has 2 nitrogen and oxygen atoms in total. The van der Waals surface area contributed by atoms with E-state index in [9.17, 15) is 4.79 Å². The minimum atomic E-state index is -0.445. The summed E-state index contributed by atoms with van der Waals surface area (Å²) in [6, 6.07) is 0. The number of carbonyl (C=O) groups excluding carboxylic acids is 1. The number of fused-ring (bicyclic) bond motifs is 2. The second-order valence-electron chi connectivity index (χ2n) is 9.93. The largest absolute Gasteiger partial charge is 0.484 e. The van der Waals surface area contributed by atoms with Gasteiger partial charge in [0.15, 0.2) is 11.4 Å². The Labute approximate surface area is 133 Å². The van der Waals surface area contributed by atoms with E-state index in [2.05, 4.69) is 27.7 Å². The molecule has 0 bridgehead atoms. The Hall–Kier alpha value is -0.790. The first-order valence-corrected chi connectivity index (χ1v) is 9.19. The van der Waals surface area contributed by atoms with Gasteiger partial charge in [-0.3, -0.25) is 4.79 Å². The van der Waals surface area contributed by atoms with Gasteiger partial charge in [0.1, 0.15) is 0 Å². The predicted octanol–water partition coefficient (Wildman–Crippen LogP) is 4.49. The van der Waals surface area contributed by atoms with Crippen molar-refractivity contribution in [3.63, 3.8) is 0 Å². The van der Waals surface area contributed by atoms with Gasteiger partial charge in [0, 0.05) is 12.8 Å². The number of ether oxygens (including phenoxy) is 1. The molecule has 3 fully saturated rings. The van der Waals surface area contributed by atoms with Crippen molar-refractivity contribution in [3.8, 4) is 0 Å². The van der Waals surface area contributed by atoms with E-state index < -0.39 is 5.60 Å². The molecule has 22 heavy (non-hydrogen) atoms. The van der Waals surface area contributed by atoms with Crippen LogP contribution in [0.4, 0.5) is 0 Å². The Bertz CT molecular complexity index is 611. The molecule has 0 radical (unpaired) electrons. The van der Waals surface area contributed by atoms with Crippen LogP contribution < -0.4 is 0 Å². The number of hydrogen-bond donors (Lipinski definition) is 0. The summed E-state index contributed by atoms with van der Waals surface area (Å²) in [7, 11) is 0. The highest BCUT2D eigenvalue weighted by Crippen LogP contribution is 2.70. The second-order valence-corrected chi connectivity index (χ2v) is 9.93. The van der Waals surface area contributed by atoms with Crippen molar-refractivity contribution in [3.05, 3.63) is 11.3 Å². The van der Waals surface area contributed by atoms with Gasteiger partial charge in [-0.2, -0.15) is 0 Å². The van der Waals surface area contributed by atoms with Crippen LogP contribution >= 0.6 is 0 Å². The summed E-state index contributed by atoms with van der Waals surface area (Å²) in [6.45, 7) is 9.47. The maximum atomic E-state index is 12.8. The molecule has 1 spiro atoms. The van der Waals surface area contributed by atoms with Crippen LogP contribution in [0.1, 0.15) is 66.2 Å². The normalized spacial score (nSPS) is 49.9. The zero-order chi connectivity index (χ0) is 15.5. The highest BCUT2D eigenvalue weighted by Gasteiger charge is 2.67. The van der Waals surface area contributed by atoms with Crippen LogP contribution in [0.15, 0.2) is 11.3 Å². The third-order valence-electron chi connectivity index (χ3n) is 8.45. The van der Waals surface area contributed by atoms with E-state index in [0.717, 1.165) is 43.9 Å². The summed E-state index contributed by atoms with van der Waals surface area (Å²) in [5.41, 5.74) is 1.96. The maximum Gasteiger partial charge on any atom is 0.176 e. The monoisotopic (exact) mass is 300 g/mol. The third-order valence-corrected chi connectivity index (χ3v) is 8.45. The van der Waals surface area contributed by atoms with E-state index in [-0.39, 0.29) is 0 Å². The Kier molecular flexibility index (Phi) is 2.26. The fraction of sp³-hybridized carbons (Fsp3) is 0.850. The van der Waals surface area contributed by atoms with Crippen molar-refractivity contribution in [2.45, 2.75) is 71.8 Å². The van der Waals surface area contributed by atoms with Crippen LogP contribution in [0.25, 0.3) is 0 Å². The van der Waals surface area contributed by atoms with E-state index >= 15 is 0 Å². The van der Waals surface area contributed by atoms with Crippen molar-refractivity contribution in [1.29, 1.82) is 0 Å². The lowest BCUT2D eigenvalue weighted by Crippen LogP contribution is -2.46. The second kappa shape index (κ2) is 3.65. The van der Waals surface area contributed by atoms with E-state index in [1.54, 1.807) is 5.57 Å². The van der Waals surface area contributed by atoms with Gasteiger partial charge in [0.2, 0.25) is 0 Å². The molecule has 0 aromatic heterocycles. The van der Waals surface area contributed by atoms with Crippen molar-refractivity contribution in [2.75, 3.05) is 0 Å². The van der Waals surface area contributed by atoms with Gasteiger partial charge in [-0.05, 0) is 65.8 Å². The molecule has 4 aliphatic carbocycles. The molecule has 5 atom stereocenters. The zero-order valence-corrected chi connectivity index (χ0v) is 14.4. The molecule has 5 aliphatic rings. The highest BCUT2D eigenvalue weighted by molar-refractivity contribution is 5.89. The maximum absolute atomic E-state index is 12.8. The van der Waals surface area contributed by atoms with Gasteiger partial charge in [0.25, 0.3) is 0 Å². The van der Waals surface area contributed by atoms with Crippen LogP contribution in [0.3, 0.4) is 0 Å². The Morgan fingerprint density at radius 3 is 2.32 bits per heavy atom. The standard InChI is InChI=1S/C20H28O2/c1-18(2)12-7-11-5-6-20(22-16(11)8-13(12)18)10-15-14(9-17(20)21)19(15,3)4/h12-15H,5-10H2,1-4H3/t12-,13+,14+,15-,20-/m1/s1. The molecular formula is C20H28O2. The van der Waals surface area contributed by atoms with Gasteiger partial charge >= 0.3 is 0 Å². The smallest absolute Gasteiger partial charge is 0.176 e. The van der Waals surface area contributed by atoms with Crippen LogP contribution in [-0.2, 0) is 9.53 Å². The Morgan fingerprint density at radius 2 is 1.55 bits per heavy atom. The van der Waals surface area contributed by atoms with Gasteiger partial charge in [-0.1, -0.05) is 27.7 Å².